The van der Waals surface area contributed by atoms with Gasteiger partial charge in [0.25, 0.3) is 5.91 Å². The Morgan fingerprint density at radius 1 is 1.07 bits per heavy atom. The molecule has 2 N–H and O–H groups in total. The molecule has 0 fully saturated rings. The molecule has 1 aromatic heterocycles. The van der Waals surface area contributed by atoms with Gasteiger partial charge in [0.1, 0.15) is 5.69 Å². The summed E-state index contributed by atoms with van der Waals surface area (Å²) in [6.07, 6.45) is 1.62. The summed E-state index contributed by atoms with van der Waals surface area (Å²) in [7, 11) is 0. The molecule has 0 saturated carbocycles. The van der Waals surface area contributed by atoms with E-state index in [-0.39, 0.29) is 5.91 Å². The SMILES string of the molecule is Cc1ccc2[nH]c(C(=O)N/N=C/c3ccc(CCl)cc3)c(-c3ccccc3)c2c1. The van der Waals surface area contributed by atoms with Gasteiger partial charge in [-0.2, -0.15) is 5.10 Å². The summed E-state index contributed by atoms with van der Waals surface area (Å²) in [5.74, 6) is 0.183. The third kappa shape index (κ3) is 4.08. The molecule has 0 aliphatic rings. The predicted octanol–water partition coefficient (Wildman–Crippen LogP) is 5.65. The Bertz CT molecular complexity index is 1180. The number of alkyl halides is 1. The second-order valence-electron chi connectivity index (χ2n) is 6.86. The van der Waals surface area contributed by atoms with E-state index in [1.807, 2.05) is 73.7 Å². The number of hydrogen-bond donors (Lipinski definition) is 2. The normalized spacial score (nSPS) is 11.2. The van der Waals surface area contributed by atoms with Gasteiger partial charge < -0.3 is 4.98 Å². The molecule has 4 rings (SSSR count). The first kappa shape index (κ1) is 19.0. The summed E-state index contributed by atoms with van der Waals surface area (Å²) in [6, 6.07) is 23.7. The van der Waals surface area contributed by atoms with Gasteiger partial charge in [-0.05, 0) is 35.7 Å². The highest BCUT2D eigenvalue weighted by molar-refractivity contribution is 6.17. The minimum atomic E-state index is -0.286. The van der Waals surface area contributed by atoms with E-state index >= 15 is 0 Å². The number of nitrogens with one attached hydrogen (secondary N) is 2. The largest absolute Gasteiger partial charge is 0.350 e. The number of hydrogen-bond acceptors (Lipinski definition) is 2. The number of rotatable bonds is 5. The van der Waals surface area contributed by atoms with E-state index < -0.39 is 0 Å². The zero-order chi connectivity index (χ0) is 20.2. The summed E-state index contributed by atoms with van der Waals surface area (Å²) in [6.45, 7) is 2.04. The molecule has 4 nitrogen and oxygen atoms in total. The maximum atomic E-state index is 12.9. The number of benzene rings is 3. The molecule has 1 amide bonds. The van der Waals surface area contributed by atoms with E-state index in [0.29, 0.717) is 11.6 Å². The molecule has 144 valence electrons. The van der Waals surface area contributed by atoms with Gasteiger partial charge in [0.2, 0.25) is 0 Å². The third-order valence-electron chi connectivity index (χ3n) is 4.76. The predicted molar refractivity (Wildman–Crippen MR) is 120 cm³/mol. The van der Waals surface area contributed by atoms with E-state index in [1.165, 1.54) is 0 Å². The Kier molecular flexibility index (Phi) is 5.45. The number of aromatic amines is 1. The van der Waals surface area contributed by atoms with Crippen molar-refractivity contribution in [2.45, 2.75) is 12.8 Å². The van der Waals surface area contributed by atoms with Crippen molar-refractivity contribution in [1.29, 1.82) is 0 Å². The average Bonchev–Trinajstić information content (AvgIpc) is 3.13. The first-order valence-electron chi connectivity index (χ1n) is 9.32. The van der Waals surface area contributed by atoms with Gasteiger partial charge in [-0.25, -0.2) is 5.43 Å². The number of carbonyl (C=O) groups is 1. The Labute approximate surface area is 174 Å². The number of fused-ring (bicyclic) bond motifs is 1. The second kappa shape index (κ2) is 8.33. The maximum absolute atomic E-state index is 12.9. The number of hydrazone groups is 1. The van der Waals surface area contributed by atoms with Gasteiger partial charge in [-0.3, -0.25) is 4.79 Å². The summed E-state index contributed by atoms with van der Waals surface area (Å²) < 4.78 is 0. The quantitative estimate of drug-likeness (QED) is 0.253. The van der Waals surface area contributed by atoms with Crippen molar-refractivity contribution in [3.63, 3.8) is 0 Å². The van der Waals surface area contributed by atoms with Gasteiger partial charge in [0, 0.05) is 22.3 Å². The number of H-pyrrole nitrogens is 1. The maximum Gasteiger partial charge on any atom is 0.288 e. The molecule has 0 aliphatic carbocycles. The molecular formula is C24H20ClN3O. The van der Waals surface area contributed by atoms with Crippen LogP contribution in [0.1, 0.15) is 27.2 Å². The molecule has 29 heavy (non-hydrogen) atoms. The molecule has 4 aromatic rings. The number of nitrogens with zero attached hydrogens (tertiary/aromatic N) is 1. The van der Waals surface area contributed by atoms with Crippen LogP contribution in [0.4, 0.5) is 0 Å². The van der Waals surface area contributed by atoms with Crippen LogP contribution >= 0.6 is 11.6 Å². The first-order chi connectivity index (χ1) is 14.2. The molecule has 3 aromatic carbocycles. The number of aromatic nitrogens is 1. The van der Waals surface area contributed by atoms with Crippen LogP contribution in [-0.4, -0.2) is 17.1 Å². The summed E-state index contributed by atoms with van der Waals surface area (Å²) in [5, 5.41) is 5.13. The van der Waals surface area contributed by atoms with Crippen molar-refractivity contribution in [2.24, 2.45) is 5.10 Å². The molecular weight excluding hydrogens is 382 g/mol. The number of amides is 1. The van der Waals surface area contributed by atoms with Gasteiger partial charge >= 0.3 is 0 Å². The summed E-state index contributed by atoms with van der Waals surface area (Å²) >= 11 is 5.81. The molecule has 0 saturated heterocycles. The van der Waals surface area contributed by atoms with Crippen molar-refractivity contribution < 1.29 is 4.79 Å². The van der Waals surface area contributed by atoms with Crippen molar-refractivity contribution in [3.05, 3.63) is 95.2 Å². The highest BCUT2D eigenvalue weighted by Crippen LogP contribution is 2.33. The van der Waals surface area contributed by atoms with E-state index in [0.717, 1.165) is 38.7 Å². The van der Waals surface area contributed by atoms with Crippen LogP contribution in [0.5, 0.6) is 0 Å². The standard InChI is InChI=1S/C24H20ClN3O/c1-16-7-12-21-20(13-16)22(19-5-3-2-4-6-19)23(27-21)24(29)28-26-15-18-10-8-17(14-25)9-11-18/h2-13,15,27H,14H2,1H3,(H,28,29)/b26-15+. The van der Waals surface area contributed by atoms with Crippen molar-refractivity contribution >= 4 is 34.6 Å². The Hall–Kier alpha value is -3.37. The average molecular weight is 402 g/mol. The lowest BCUT2D eigenvalue weighted by Gasteiger charge is -2.05. The van der Waals surface area contributed by atoms with Crippen LogP contribution in [0.3, 0.4) is 0 Å². The molecule has 0 spiro atoms. The Morgan fingerprint density at radius 3 is 2.55 bits per heavy atom. The van der Waals surface area contributed by atoms with Gasteiger partial charge in [0.05, 0.1) is 6.21 Å². The number of aryl methyl sites for hydroxylation is 1. The van der Waals surface area contributed by atoms with Crippen molar-refractivity contribution in [2.75, 3.05) is 0 Å². The van der Waals surface area contributed by atoms with E-state index in [1.54, 1.807) is 6.21 Å². The fraction of sp³-hybridized carbons (Fsp3) is 0.0833. The third-order valence-corrected chi connectivity index (χ3v) is 5.07. The zero-order valence-electron chi connectivity index (χ0n) is 15.9. The smallest absolute Gasteiger partial charge is 0.288 e. The van der Waals surface area contributed by atoms with E-state index in [4.69, 9.17) is 11.6 Å². The highest BCUT2D eigenvalue weighted by Gasteiger charge is 2.19. The minimum Gasteiger partial charge on any atom is -0.350 e. The van der Waals surface area contributed by atoms with E-state index in [2.05, 4.69) is 21.6 Å². The first-order valence-corrected chi connectivity index (χ1v) is 9.85. The zero-order valence-corrected chi connectivity index (χ0v) is 16.7. The lowest BCUT2D eigenvalue weighted by molar-refractivity contribution is 0.0951. The van der Waals surface area contributed by atoms with Gasteiger partial charge in [-0.15, -0.1) is 11.6 Å². The Balaban J connectivity index is 1.65. The molecule has 0 atom stereocenters. The van der Waals surface area contributed by atoms with Crippen molar-refractivity contribution in [1.82, 2.24) is 10.4 Å². The lowest BCUT2D eigenvalue weighted by Crippen LogP contribution is -2.18. The summed E-state index contributed by atoms with van der Waals surface area (Å²) in [4.78, 5) is 16.2. The molecule has 1 heterocycles. The van der Waals surface area contributed by atoms with E-state index in [9.17, 15) is 4.79 Å². The molecule has 0 radical (unpaired) electrons. The number of carbonyl (C=O) groups excluding carboxylic acids is 1. The number of halogens is 1. The van der Waals surface area contributed by atoms with Crippen LogP contribution in [0, 0.1) is 6.92 Å². The van der Waals surface area contributed by atoms with Crippen LogP contribution < -0.4 is 5.43 Å². The topological polar surface area (TPSA) is 57.2 Å². The monoisotopic (exact) mass is 401 g/mol. The fourth-order valence-electron chi connectivity index (χ4n) is 3.29. The highest BCUT2D eigenvalue weighted by atomic mass is 35.5. The van der Waals surface area contributed by atoms with Crippen LogP contribution in [0.15, 0.2) is 77.9 Å². The molecule has 0 bridgehead atoms. The second-order valence-corrected chi connectivity index (χ2v) is 7.13. The van der Waals surface area contributed by atoms with Gasteiger partial charge in [-0.1, -0.05) is 66.2 Å². The molecule has 5 heteroatoms. The Morgan fingerprint density at radius 2 is 1.83 bits per heavy atom. The van der Waals surface area contributed by atoms with Crippen LogP contribution in [0.25, 0.3) is 22.0 Å². The molecule has 0 unspecified atom stereocenters. The lowest BCUT2D eigenvalue weighted by atomic mass is 10.0. The molecule has 0 aliphatic heterocycles. The van der Waals surface area contributed by atoms with Gasteiger partial charge in [0.15, 0.2) is 0 Å². The van der Waals surface area contributed by atoms with Crippen molar-refractivity contribution in [3.8, 4) is 11.1 Å². The summed E-state index contributed by atoms with van der Waals surface area (Å²) in [5.41, 5.74) is 8.96. The van der Waals surface area contributed by atoms with Crippen LogP contribution in [0.2, 0.25) is 0 Å². The van der Waals surface area contributed by atoms with Crippen LogP contribution in [-0.2, 0) is 5.88 Å². The fourth-order valence-corrected chi connectivity index (χ4v) is 3.47. The minimum absolute atomic E-state index is 0.286.